The molecular formula is C12H16N2O3. The lowest BCUT2D eigenvalue weighted by atomic mass is 10.2. The first-order valence-corrected chi connectivity index (χ1v) is 5.68. The molecule has 0 N–H and O–H groups in total. The van der Waals surface area contributed by atoms with Gasteiger partial charge in [0.1, 0.15) is 17.1 Å². The Hall–Kier alpha value is -1.65. The maximum atomic E-state index is 12.0. The van der Waals surface area contributed by atoms with Gasteiger partial charge in [0.05, 0.1) is 6.20 Å². The molecule has 1 aliphatic rings. The molecule has 0 radical (unpaired) electrons. The zero-order chi connectivity index (χ0) is 12.6. The van der Waals surface area contributed by atoms with Gasteiger partial charge in [-0.3, -0.25) is 4.79 Å². The Morgan fingerprint density at radius 1 is 1.53 bits per heavy atom. The molecule has 1 fully saturated rings. The highest BCUT2D eigenvalue weighted by Gasteiger charge is 2.32. The third kappa shape index (κ3) is 2.54. The van der Waals surface area contributed by atoms with Crippen LogP contribution in [-0.4, -0.2) is 27.5 Å². The average Bonchev–Trinajstić information content (AvgIpc) is 2.94. The van der Waals surface area contributed by atoms with Crippen LogP contribution >= 0.6 is 0 Å². The largest absolute Gasteiger partial charge is 0.443 e. The van der Waals surface area contributed by atoms with Crippen molar-refractivity contribution in [1.82, 2.24) is 9.55 Å². The summed E-state index contributed by atoms with van der Waals surface area (Å²) in [7, 11) is 0. The van der Waals surface area contributed by atoms with Crippen LogP contribution in [-0.2, 0) is 4.74 Å². The number of rotatable bonds is 2. The molecule has 1 heterocycles. The maximum absolute atomic E-state index is 12.0. The summed E-state index contributed by atoms with van der Waals surface area (Å²) in [4.78, 5) is 27.0. The topological polar surface area (TPSA) is 61.2 Å². The van der Waals surface area contributed by atoms with Crippen LogP contribution in [0.1, 0.15) is 55.8 Å². The summed E-state index contributed by atoms with van der Waals surface area (Å²) in [5.74, 6) is 0.928. The van der Waals surface area contributed by atoms with E-state index in [1.807, 2.05) is 0 Å². The van der Waals surface area contributed by atoms with Crippen molar-refractivity contribution in [2.75, 3.05) is 0 Å². The SMILES string of the molecule is CC(C)(C)OC(=O)n1c(C=O)cnc1C1CC1. The molecule has 1 saturated carbocycles. The highest BCUT2D eigenvalue weighted by atomic mass is 16.6. The monoisotopic (exact) mass is 236 g/mol. The summed E-state index contributed by atoms with van der Waals surface area (Å²) in [6.45, 7) is 5.37. The van der Waals surface area contributed by atoms with Crippen molar-refractivity contribution in [3.8, 4) is 0 Å². The third-order valence-electron chi connectivity index (χ3n) is 2.46. The molecule has 1 aliphatic carbocycles. The Morgan fingerprint density at radius 2 is 2.18 bits per heavy atom. The number of carbonyl (C=O) groups excluding carboxylic acids is 2. The Morgan fingerprint density at radius 3 is 2.65 bits per heavy atom. The summed E-state index contributed by atoms with van der Waals surface area (Å²) in [6.07, 6.45) is 3.54. The molecular weight excluding hydrogens is 220 g/mol. The molecule has 1 aromatic rings. The van der Waals surface area contributed by atoms with Gasteiger partial charge < -0.3 is 4.74 Å². The molecule has 0 saturated heterocycles. The molecule has 5 heteroatoms. The summed E-state index contributed by atoms with van der Waals surface area (Å²) in [5.41, 5.74) is -0.330. The fraction of sp³-hybridized carbons (Fsp3) is 0.583. The van der Waals surface area contributed by atoms with Gasteiger partial charge in [-0.15, -0.1) is 0 Å². The number of aromatic nitrogens is 2. The van der Waals surface area contributed by atoms with Gasteiger partial charge >= 0.3 is 6.09 Å². The van der Waals surface area contributed by atoms with E-state index < -0.39 is 11.7 Å². The Bertz CT molecular complexity index is 453. The fourth-order valence-corrected chi connectivity index (χ4v) is 1.60. The quantitative estimate of drug-likeness (QED) is 0.739. The van der Waals surface area contributed by atoms with E-state index in [9.17, 15) is 9.59 Å². The van der Waals surface area contributed by atoms with Gasteiger partial charge in [-0.1, -0.05) is 0 Å². The van der Waals surface area contributed by atoms with Gasteiger partial charge in [-0.25, -0.2) is 14.3 Å². The second-order valence-corrected chi connectivity index (χ2v) is 5.25. The molecule has 0 amide bonds. The molecule has 0 aliphatic heterocycles. The van der Waals surface area contributed by atoms with Crippen molar-refractivity contribution in [3.63, 3.8) is 0 Å². The van der Waals surface area contributed by atoms with E-state index in [4.69, 9.17) is 4.74 Å². The molecule has 2 rings (SSSR count). The van der Waals surface area contributed by atoms with Crippen molar-refractivity contribution in [2.24, 2.45) is 0 Å². The van der Waals surface area contributed by atoms with Crippen LogP contribution in [0.25, 0.3) is 0 Å². The third-order valence-corrected chi connectivity index (χ3v) is 2.46. The van der Waals surface area contributed by atoms with E-state index in [1.165, 1.54) is 10.8 Å². The number of aldehydes is 1. The zero-order valence-electron chi connectivity index (χ0n) is 10.3. The van der Waals surface area contributed by atoms with E-state index in [1.54, 1.807) is 20.8 Å². The summed E-state index contributed by atoms with van der Waals surface area (Å²) >= 11 is 0. The van der Waals surface area contributed by atoms with Crippen LogP contribution < -0.4 is 0 Å². The summed E-state index contributed by atoms with van der Waals surface area (Å²) in [5, 5.41) is 0. The predicted molar refractivity (Wildman–Crippen MR) is 61.2 cm³/mol. The minimum absolute atomic E-state index is 0.251. The van der Waals surface area contributed by atoms with E-state index >= 15 is 0 Å². The number of nitrogens with zero attached hydrogens (tertiary/aromatic N) is 2. The van der Waals surface area contributed by atoms with Crippen molar-refractivity contribution in [3.05, 3.63) is 17.7 Å². The van der Waals surface area contributed by atoms with Crippen LogP contribution in [0.5, 0.6) is 0 Å². The summed E-state index contributed by atoms with van der Waals surface area (Å²) in [6, 6.07) is 0. The van der Waals surface area contributed by atoms with Crippen LogP contribution in [0.2, 0.25) is 0 Å². The number of imidazole rings is 1. The molecule has 17 heavy (non-hydrogen) atoms. The lowest BCUT2D eigenvalue weighted by molar-refractivity contribution is 0.0525. The first-order valence-electron chi connectivity index (χ1n) is 5.68. The minimum atomic E-state index is -0.581. The standard InChI is InChI=1S/C12H16N2O3/c1-12(2,3)17-11(16)14-9(7-15)6-13-10(14)8-4-5-8/h6-8H,4-5H2,1-3H3. The first-order chi connectivity index (χ1) is 7.92. The molecule has 0 atom stereocenters. The smallest absolute Gasteiger partial charge is 0.420 e. The van der Waals surface area contributed by atoms with Crippen molar-refractivity contribution in [2.45, 2.75) is 45.1 Å². The highest BCUT2D eigenvalue weighted by molar-refractivity contribution is 5.82. The number of hydrogen-bond donors (Lipinski definition) is 0. The van der Waals surface area contributed by atoms with E-state index in [-0.39, 0.29) is 11.6 Å². The summed E-state index contributed by atoms with van der Waals surface area (Å²) < 4.78 is 6.56. The molecule has 92 valence electrons. The van der Waals surface area contributed by atoms with Gasteiger partial charge in [-0.2, -0.15) is 0 Å². The Balaban J connectivity index is 2.31. The lowest BCUT2D eigenvalue weighted by Gasteiger charge is -2.20. The van der Waals surface area contributed by atoms with Crippen molar-refractivity contribution < 1.29 is 14.3 Å². The van der Waals surface area contributed by atoms with E-state index in [0.29, 0.717) is 12.1 Å². The fourth-order valence-electron chi connectivity index (χ4n) is 1.60. The van der Waals surface area contributed by atoms with Crippen molar-refractivity contribution in [1.29, 1.82) is 0 Å². The molecule has 5 nitrogen and oxygen atoms in total. The normalized spacial score (nSPS) is 15.7. The average molecular weight is 236 g/mol. The van der Waals surface area contributed by atoms with E-state index in [2.05, 4.69) is 4.98 Å². The maximum Gasteiger partial charge on any atom is 0.420 e. The molecule has 0 aromatic carbocycles. The van der Waals surface area contributed by atoms with E-state index in [0.717, 1.165) is 12.8 Å². The Kier molecular flexibility index (Phi) is 2.77. The molecule has 0 unspecified atom stereocenters. The van der Waals surface area contributed by atoms with Gasteiger partial charge in [-0.05, 0) is 33.6 Å². The lowest BCUT2D eigenvalue weighted by Crippen LogP contribution is -2.29. The second-order valence-electron chi connectivity index (χ2n) is 5.25. The minimum Gasteiger partial charge on any atom is -0.443 e. The predicted octanol–water partition coefficient (Wildman–Crippen LogP) is 2.36. The van der Waals surface area contributed by atoms with Crippen molar-refractivity contribution >= 4 is 12.4 Å². The number of ether oxygens (including phenoxy) is 1. The van der Waals surface area contributed by atoms with Gasteiger partial charge in [0.15, 0.2) is 6.29 Å². The zero-order valence-corrected chi connectivity index (χ0v) is 10.3. The highest BCUT2D eigenvalue weighted by Crippen LogP contribution is 2.39. The number of carbonyl (C=O) groups is 2. The second kappa shape index (κ2) is 3.98. The van der Waals surface area contributed by atoms with Crippen LogP contribution in [0, 0.1) is 0 Å². The molecule has 1 aromatic heterocycles. The van der Waals surface area contributed by atoms with Crippen LogP contribution in [0.4, 0.5) is 4.79 Å². The first kappa shape index (κ1) is 11.8. The molecule has 0 bridgehead atoms. The van der Waals surface area contributed by atoms with Gasteiger partial charge in [0.2, 0.25) is 0 Å². The number of hydrogen-bond acceptors (Lipinski definition) is 4. The van der Waals surface area contributed by atoms with Gasteiger partial charge in [0.25, 0.3) is 0 Å². The Labute approximate surface area is 99.8 Å². The molecule has 0 spiro atoms. The van der Waals surface area contributed by atoms with Gasteiger partial charge in [0, 0.05) is 5.92 Å². The van der Waals surface area contributed by atoms with Crippen LogP contribution in [0.15, 0.2) is 6.20 Å². The van der Waals surface area contributed by atoms with Crippen LogP contribution in [0.3, 0.4) is 0 Å².